The lowest BCUT2D eigenvalue weighted by atomic mass is 9.93. The van der Waals surface area contributed by atoms with Gasteiger partial charge in [-0.05, 0) is 61.9 Å². The number of rotatable bonds is 4. The predicted molar refractivity (Wildman–Crippen MR) is 93.1 cm³/mol. The van der Waals surface area contributed by atoms with Crippen molar-refractivity contribution in [2.75, 3.05) is 0 Å². The summed E-state index contributed by atoms with van der Waals surface area (Å²) in [5.74, 6) is -0.389. The monoisotopic (exact) mass is 379 g/mol. The maximum absolute atomic E-state index is 12.9. The molecule has 2 aliphatic rings. The van der Waals surface area contributed by atoms with Crippen LogP contribution in [0.2, 0.25) is 5.02 Å². The summed E-state index contributed by atoms with van der Waals surface area (Å²) >= 11 is 5.83. The van der Waals surface area contributed by atoms with Crippen LogP contribution in [-0.2, 0) is 27.5 Å². The van der Waals surface area contributed by atoms with Crippen LogP contribution in [0.4, 0.5) is 0 Å². The molecule has 2 aromatic rings. The Labute approximate surface area is 150 Å². The molecule has 1 aromatic heterocycles. The van der Waals surface area contributed by atoms with Crippen LogP contribution in [0.3, 0.4) is 0 Å². The zero-order chi connectivity index (χ0) is 17.7. The van der Waals surface area contributed by atoms with Crippen LogP contribution in [0.1, 0.15) is 30.5 Å². The first-order valence-corrected chi connectivity index (χ1v) is 10.1. The maximum Gasteiger partial charge on any atom is 0.242 e. The molecule has 2 aliphatic carbocycles. The summed E-state index contributed by atoms with van der Waals surface area (Å²) in [6.45, 7) is 0. The van der Waals surface area contributed by atoms with Crippen molar-refractivity contribution in [2.24, 2.45) is 0 Å². The average Bonchev–Trinajstić information content (AvgIpc) is 3.29. The van der Waals surface area contributed by atoms with Crippen LogP contribution in [0, 0.1) is 0 Å². The SMILES string of the molecule is O=C(NC1CCc2[nH]ncc2C1)C1(S(=O)(=O)c2ccc(Cl)cc2)CC1. The number of fused-ring (bicyclic) bond motifs is 1. The molecule has 0 spiro atoms. The van der Waals surface area contributed by atoms with Gasteiger partial charge in [0.25, 0.3) is 0 Å². The van der Waals surface area contributed by atoms with Crippen molar-refractivity contribution in [3.63, 3.8) is 0 Å². The molecule has 1 aromatic carbocycles. The summed E-state index contributed by atoms with van der Waals surface area (Å²) in [6, 6.07) is 5.93. The number of nitrogens with zero attached hydrogens (tertiary/aromatic N) is 1. The molecule has 25 heavy (non-hydrogen) atoms. The zero-order valence-corrected chi connectivity index (χ0v) is 15.0. The smallest absolute Gasteiger partial charge is 0.242 e. The van der Waals surface area contributed by atoms with Gasteiger partial charge in [-0.3, -0.25) is 9.89 Å². The molecule has 0 saturated heterocycles. The number of aryl methyl sites for hydroxylation is 1. The summed E-state index contributed by atoms with van der Waals surface area (Å²) in [6.07, 6.45) is 4.73. The third-order valence-corrected chi connectivity index (χ3v) is 7.88. The van der Waals surface area contributed by atoms with Crippen LogP contribution >= 0.6 is 11.6 Å². The number of hydrogen-bond donors (Lipinski definition) is 2. The molecule has 1 fully saturated rings. The summed E-state index contributed by atoms with van der Waals surface area (Å²) in [7, 11) is -3.73. The second-order valence-electron chi connectivity index (χ2n) is 6.74. The fourth-order valence-corrected chi connectivity index (χ4v) is 5.44. The van der Waals surface area contributed by atoms with Crippen molar-refractivity contribution >= 4 is 27.3 Å². The van der Waals surface area contributed by atoms with E-state index in [0.29, 0.717) is 24.3 Å². The van der Waals surface area contributed by atoms with Crippen molar-refractivity contribution in [1.29, 1.82) is 0 Å². The molecule has 1 amide bonds. The molecule has 0 aliphatic heterocycles. The van der Waals surface area contributed by atoms with Gasteiger partial charge in [0.1, 0.15) is 0 Å². The molecule has 1 heterocycles. The number of carbonyl (C=O) groups excluding carboxylic acids is 1. The Morgan fingerprint density at radius 3 is 2.68 bits per heavy atom. The molecular formula is C17H18ClN3O3S. The van der Waals surface area contributed by atoms with Gasteiger partial charge >= 0.3 is 0 Å². The van der Waals surface area contributed by atoms with Gasteiger partial charge in [-0.15, -0.1) is 0 Å². The molecule has 0 bridgehead atoms. The highest BCUT2D eigenvalue weighted by Crippen LogP contribution is 2.47. The van der Waals surface area contributed by atoms with Crippen LogP contribution < -0.4 is 5.32 Å². The van der Waals surface area contributed by atoms with Crippen molar-refractivity contribution in [3.8, 4) is 0 Å². The number of amides is 1. The fourth-order valence-electron chi connectivity index (χ4n) is 3.43. The van der Waals surface area contributed by atoms with E-state index in [0.717, 1.165) is 24.1 Å². The Hall–Kier alpha value is -1.86. The first-order valence-electron chi connectivity index (χ1n) is 8.25. The Balaban J connectivity index is 1.53. The van der Waals surface area contributed by atoms with Crippen molar-refractivity contribution in [1.82, 2.24) is 15.5 Å². The molecule has 4 rings (SSSR count). The van der Waals surface area contributed by atoms with Gasteiger partial charge in [-0.25, -0.2) is 8.42 Å². The second-order valence-corrected chi connectivity index (χ2v) is 9.43. The second kappa shape index (κ2) is 5.85. The Bertz CT molecular complexity index is 917. The Morgan fingerprint density at radius 1 is 1.28 bits per heavy atom. The molecule has 8 heteroatoms. The first kappa shape index (κ1) is 16.6. The minimum absolute atomic E-state index is 0.0597. The van der Waals surface area contributed by atoms with E-state index in [9.17, 15) is 13.2 Å². The lowest BCUT2D eigenvalue weighted by molar-refractivity contribution is -0.122. The zero-order valence-electron chi connectivity index (χ0n) is 13.5. The van der Waals surface area contributed by atoms with E-state index in [4.69, 9.17) is 11.6 Å². The van der Waals surface area contributed by atoms with Gasteiger partial charge in [0.15, 0.2) is 14.6 Å². The molecule has 1 atom stereocenters. The van der Waals surface area contributed by atoms with E-state index in [-0.39, 0.29) is 16.8 Å². The molecule has 132 valence electrons. The largest absolute Gasteiger partial charge is 0.352 e. The normalized spacial score (nSPS) is 21.4. The van der Waals surface area contributed by atoms with Crippen LogP contribution in [0.5, 0.6) is 0 Å². The molecule has 1 saturated carbocycles. The number of hydrogen-bond acceptors (Lipinski definition) is 4. The minimum atomic E-state index is -3.73. The standard InChI is InChI=1S/C17H18ClN3O3S/c18-12-1-4-14(5-2-12)25(23,24)17(7-8-17)16(22)20-13-3-6-15-11(9-13)10-19-21-15/h1-2,4-5,10,13H,3,6-9H2,(H,19,21)(H,20,22). The Morgan fingerprint density at radius 2 is 2.00 bits per heavy atom. The molecule has 0 radical (unpaired) electrons. The maximum atomic E-state index is 12.9. The van der Waals surface area contributed by atoms with E-state index in [1.807, 2.05) is 0 Å². The first-order chi connectivity index (χ1) is 11.9. The third-order valence-electron chi connectivity index (χ3n) is 5.11. The lowest BCUT2D eigenvalue weighted by Gasteiger charge is -2.25. The fraction of sp³-hybridized carbons (Fsp3) is 0.412. The number of carbonyl (C=O) groups is 1. The van der Waals surface area contributed by atoms with Gasteiger partial charge in [0.05, 0.1) is 11.1 Å². The van der Waals surface area contributed by atoms with Gasteiger partial charge in [0, 0.05) is 16.8 Å². The third kappa shape index (κ3) is 2.75. The van der Waals surface area contributed by atoms with Crippen molar-refractivity contribution < 1.29 is 13.2 Å². The van der Waals surface area contributed by atoms with Crippen LogP contribution in [0.15, 0.2) is 35.4 Å². The molecule has 6 nitrogen and oxygen atoms in total. The van der Waals surface area contributed by atoms with E-state index < -0.39 is 14.6 Å². The lowest BCUT2D eigenvalue weighted by Crippen LogP contribution is -2.48. The number of halogens is 1. The number of H-pyrrole nitrogens is 1. The molecule has 1 unspecified atom stereocenters. The van der Waals surface area contributed by atoms with E-state index in [1.165, 1.54) is 24.3 Å². The number of sulfone groups is 1. The van der Waals surface area contributed by atoms with Crippen LogP contribution in [-0.4, -0.2) is 35.3 Å². The van der Waals surface area contributed by atoms with Gasteiger partial charge < -0.3 is 5.32 Å². The van der Waals surface area contributed by atoms with Crippen molar-refractivity contribution in [2.45, 2.75) is 47.8 Å². The highest BCUT2D eigenvalue weighted by Gasteiger charge is 2.61. The quantitative estimate of drug-likeness (QED) is 0.850. The highest BCUT2D eigenvalue weighted by atomic mass is 35.5. The van der Waals surface area contributed by atoms with Crippen molar-refractivity contribution in [3.05, 3.63) is 46.7 Å². The Kier molecular flexibility index (Phi) is 3.88. The summed E-state index contributed by atoms with van der Waals surface area (Å²) in [5, 5.41) is 10.4. The van der Waals surface area contributed by atoms with Crippen LogP contribution in [0.25, 0.3) is 0 Å². The van der Waals surface area contributed by atoms with E-state index >= 15 is 0 Å². The number of nitrogens with one attached hydrogen (secondary N) is 2. The topological polar surface area (TPSA) is 91.9 Å². The number of benzene rings is 1. The van der Waals surface area contributed by atoms with E-state index in [2.05, 4.69) is 15.5 Å². The summed E-state index contributed by atoms with van der Waals surface area (Å²) < 4.78 is 24.6. The van der Waals surface area contributed by atoms with Gasteiger partial charge in [0.2, 0.25) is 5.91 Å². The molecule has 2 N–H and O–H groups in total. The van der Waals surface area contributed by atoms with E-state index in [1.54, 1.807) is 6.20 Å². The summed E-state index contributed by atoms with van der Waals surface area (Å²) in [5.41, 5.74) is 2.18. The number of aromatic nitrogens is 2. The predicted octanol–water partition coefficient (Wildman–Crippen LogP) is 2.04. The minimum Gasteiger partial charge on any atom is -0.352 e. The molecular weight excluding hydrogens is 362 g/mol. The summed E-state index contributed by atoms with van der Waals surface area (Å²) in [4.78, 5) is 12.9. The highest BCUT2D eigenvalue weighted by molar-refractivity contribution is 7.94. The average molecular weight is 380 g/mol. The van der Waals surface area contributed by atoms with Gasteiger partial charge in [-0.2, -0.15) is 5.10 Å². The van der Waals surface area contributed by atoms with Gasteiger partial charge in [-0.1, -0.05) is 11.6 Å². The number of aromatic amines is 1.